The van der Waals surface area contributed by atoms with E-state index in [1.807, 2.05) is 6.07 Å². The number of carbonyl (C=O) groups excluding carboxylic acids is 1. The van der Waals surface area contributed by atoms with Crippen LogP contribution in [0.15, 0.2) is 16.6 Å². The highest BCUT2D eigenvalue weighted by Gasteiger charge is 2.22. The molecule has 4 heteroatoms. The molecule has 0 unspecified atom stereocenters. The summed E-state index contributed by atoms with van der Waals surface area (Å²) in [4.78, 5) is 11.5. The minimum Gasteiger partial charge on any atom is -0.491 e. The number of hydrogen-bond donors (Lipinski definition) is 0. The molecule has 0 aromatic heterocycles. The van der Waals surface area contributed by atoms with Crippen LogP contribution in [0.4, 0.5) is 0 Å². The molecule has 1 aromatic rings. The van der Waals surface area contributed by atoms with Gasteiger partial charge in [-0.05, 0) is 28.1 Å². The number of Topliss-reactive ketones (excluding diaryl/α,β-unsaturated/α-hetero) is 1. The third-order valence-electron chi connectivity index (χ3n) is 2.09. The summed E-state index contributed by atoms with van der Waals surface area (Å²) < 4.78 is 5.98. The van der Waals surface area contributed by atoms with Crippen molar-refractivity contribution in [3.63, 3.8) is 0 Å². The summed E-state index contributed by atoms with van der Waals surface area (Å²) in [5, 5.41) is 8.89. The molecular formula is C10H6BrNO2. The van der Waals surface area contributed by atoms with Crippen LogP contribution in [0.5, 0.6) is 5.75 Å². The molecule has 0 saturated carbocycles. The molecule has 1 aliphatic heterocycles. The van der Waals surface area contributed by atoms with Crippen LogP contribution < -0.4 is 4.74 Å². The average molecular weight is 252 g/mol. The van der Waals surface area contributed by atoms with E-state index in [1.165, 1.54) is 0 Å². The molecule has 1 aliphatic rings. The van der Waals surface area contributed by atoms with Gasteiger partial charge in [-0.15, -0.1) is 0 Å². The number of nitrogens with zero attached hydrogens (tertiary/aromatic N) is 1. The number of fused-ring (bicyclic) bond motifs is 1. The molecule has 1 aromatic carbocycles. The van der Waals surface area contributed by atoms with Crippen molar-refractivity contribution in [1.29, 1.82) is 5.26 Å². The average Bonchev–Trinajstić information content (AvgIpc) is 2.18. The van der Waals surface area contributed by atoms with Crippen molar-refractivity contribution in [1.82, 2.24) is 0 Å². The zero-order valence-electron chi connectivity index (χ0n) is 7.21. The van der Waals surface area contributed by atoms with E-state index in [0.717, 1.165) is 0 Å². The number of benzene rings is 1. The number of rotatable bonds is 0. The van der Waals surface area contributed by atoms with Crippen LogP contribution >= 0.6 is 15.9 Å². The predicted octanol–water partition coefficient (Wildman–Crippen LogP) is 2.29. The van der Waals surface area contributed by atoms with E-state index in [0.29, 0.717) is 34.4 Å². The van der Waals surface area contributed by atoms with Crippen LogP contribution in [-0.2, 0) is 0 Å². The predicted molar refractivity (Wildman–Crippen MR) is 53.3 cm³/mol. The van der Waals surface area contributed by atoms with E-state index in [1.54, 1.807) is 12.1 Å². The fourth-order valence-corrected chi connectivity index (χ4v) is 1.81. The highest BCUT2D eigenvalue weighted by molar-refractivity contribution is 9.10. The van der Waals surface area contributed by atoms with Gasteiger partial charge in [-0.1, -0.05) is 0 Å². The molecule has 70 valence electrons. The number of nitriles is 1. The van der Waals surface area contributed by atoms with Crippen molar-refractivity contribution in [2.45, 2.75) is 6.42 Å². The van der Waals surface area contributed by atoms with Gasteiger partial charge in [0.15, 0.2) is 5.78 Å². The van der Waals surface area contributed by atoms with E-state index in [2.05, 4.69) is 15.9 Å². The maximum atomic E-state index is 11.5. The van der Waals surface area contributed by atoms with Gasteiger partial charge in [0.2, 0.25) is 0 Å². The fourth-order valence-electron chi connectivity index (χ4n) is 1.41. The molecule has 0 saturated heterocycles. The van der Waals surface area contributed by atoms with Crippen LogP contribution in [-0.4, -0.2) is 12.4 Å². The lowest BCUT2D eigenvalue weighted by atomic mass is 10.0. The first-order chi connectivity index (χ1) is 6.74. The SMILES string of the molecule is N#Cc1c(Br)ccc2c1OCCC2=O. The Morgan fingerprint density at radius 2 is 2.29 bits per heavy atom. The highest BCUT2D eigenvalue weighted by Crippen LogP contribution is 2.33. The van der Waals surface area contributed by atoms with E-state index in [-0.39, 0.29) is 5.78 Å². The fraction of sp³-hybridized carbons (Fsp3) is 0.200. The molecule has 1 heterocycles. The Morgan fingerprint density at radius 3 is 3.00 bits per heavy atom. The second kappa shape index (κ2) is 3.43. The Morgan fingerprint density at radius 1 is 1.50 bits per heavy atom. The lowest BCUT2D eigenvalue weighted by molar-refractivity contribution is 0.0933. The van der Waals surface area contributed by atoms with Crippen molar-refractivity contribution in [2.24, 2.45) is 0 Å². The van der Waals surface area contributed by atoms with Gasteiger partial charge < -0.3 is 4.74 Å². The third kappa shape index (κ3) is 1.30. The molecule has 2 rings (SSSR count). The van der Waals surface area contributed by atoms with Crippen molar-refractivity contribution >= 4 is 21.7 Å². The Kier molecular flexibility index (Phi) is 2.26. The molecule has 14 heavy (non-hydrogen) atoms. The molecule has 0 fully saturated rings. The van der Waals surface area contributed by atoms with Crippen LogP contribution in [0.1, 0.15) is 22.3 Å². The first kappa shape index (κ1) is 9.22. The summed E-state index contributed by atoms with van der Waals surface area (Å²) in [6, 6.07) is 5.40. The maximum Gasteiger partial charge on any atom is 0.170 e. The Hall–Kier alpha value is -1.34. The zero-order chi connectivity index (χ0) is 10.1. The summed E-state index contributed by atoms with van der Waals surface area (Å²) >= 11 is 3.24. The second-order valence-corrected chi connectivity index (χ2v) is 3.79. The number of ether oxygens (including phenoxy) is 1. The third-order valence-corrected chi connectivity index (χ3v) is 2.76. The molecule has 0 amide bonds. The van der Waals surface area contributed by atoms with Gasteiger partial charge in [0.25, 0.3) is 0 Å². The normalized spacial score (nSPS) is 14.1. The minimum atomic E-state index is 0.0373. The standard InChI is InChI=1S/C10H6BrNO2/c11-8-2-1-6-9(13)3-4-14-10(6)7(8)5-12/h1-2H,3-4H2. The molecule has 0 radical (unpaired) electrons. The summed E-state index contributed by atoms with van der Waals surface area (Å²) in [6.07, 6.45) is 0.388. The van der Waals surface area contributed by atoms with Crippen molar-refractivity contribution < 1.29 is 9.53 Å². The quantitative estimate of drug-likeness (QED) is 0.711. The van der Waals surface area contributed by atoms with Crippen molar-refractivity contribution in [2.75, 3.05) is 6.61 Å². The first-order valence-electron chi connectivity index (χ1n) is 4.12. The van der Waals surface area contributed by atoms with Crippen LogP contribution in [0.3, 0.4) is 0 Å². The van der Waals surface area contributed by atoms with E-state index < -0.39 is 0 Å². The van der Waals surface area contributed by atoms with E-state index in [4.69, 9.17) is 10.00 Å². The van der Waals surface area contributed by atoms with Gasteiger partial charge in [-0.3, -0.25) is 4.79 Å². The van der Waals surface area contributed by atoms with Gasteiger partial charge in [0.1, 0.15) is 17.4 Å². The Balaban J connectivity index is 2.69. The summed E-state index contributed by atoms with van der Waals surface area (Å²) in [7, 11) is 0. The van der Waals surface area contributed by atoms with Crippen LogP contribution in [0.2, 0.25) is 0 Å². The van der Waals surface area contributed by atoms with Crippen LogP contribution in [0, 0.1) is 11.3 Å². The van der Waals surface area contributed by atoms with Gasteiger partial charge in [-0.2, -0.15) is 5.26 Å². The summed E-state index contributed by atoms with van der Waals surface area (Å²) in [6.45, 7) is 0.358. The van der Waals surface area contributed by atoms with Gasteiger partial charge >= 0.3 is 0 Å². The monoisotopic (exact) mass is 251 g/mol. The van der Waals surface area contributed by atoms with E-state index in [9.17, 15) is 4.79 Å². The lowest BCUT2D eigenvalue weighted by Gasteiger charge is -2.17. The molecule has 0 N–H and O–H groups in total. The molecule has 3 nitrogen and oxygen atoms in total. The Bertz CT molecular complexity index is 448. The minimum absolute atomic E-state index is 0.0373. The van der Waals surface area contributed by atoms with E-state index >= 15 is 0 Å². The second-order valence-electron chi connectivity index (χ2n) is 2.93. The number of hydrogen-bond acceptors (Lipinski definition) is 3. The smallest absolute Gasteiger partial charge is 0.170 e. The molecule has 0 bridgehead atoms. The Labute approximate surface area is 89.4 Å². The van der Waals surface area contributed by atoms with Crippen molar-refractivity contribution in [3.8, 4) is 11.8 Å². The summed E-state index contributed by atoms with van der Waals surface area (Å²) in [5.74, 6) is 0.452. The number of carbonyl (C=O) groups is 1. The molecular weight excluding hydrogens is 246 g/mol. The topological polar surface area (TPSA) is 50.1 Å². The zero-order valence-corrected chi connectivity index (χ0v) is 8.80. The molecule has 0 aliphatic carbocycles. The first-order valence-corrected chi connectivity index (χ1v) is 4.92. The summed E-state index contributed by atoms with van der Waals surface area (Å²) in [5.41, 5.74) is 0.909. The largest absolute Gasteiger partial charge is 0.491 e. The maximum absolute atomic E-state index is 11.5. The molecule has 0 atom stereocenters. The van der Waals surface area contributed by atoms with Crippen LogP contribution in [0.25, 0.3) is 0 Å². The number of halogens is 1. The van der Waals surface area contributed by atoms with Crippen molar-refractivity contribution in [3.05, 3.63) is 27.7 Å². The molecule has 0 spiro atoms. The number of ketones is 1. The van der Waals surface area contributed by atoms with Gasteiger partial charge in [-0.25, -0.2) is 0 Å². The van der Waals surface area contributed by atoms with Gasteiger partial charge in [0, 0.05) is 10.9 Å². The lowest BCUT2D eigenvalue weighted by Crippen LogP contribution is -2.16. The highest BCUT2D eigenvalue weighted by atomic mass is 79.9. The van der Waals surface area contributed by atoms with Gasteiger partial charge in [0.05, 0.1) is 12.2 Å².